The molecule has 0 saturated carbocycles. The maximum atomic E-state index is 12.6. The molecular formula is C18H22N4O5. The van der Waals surface area contributed by atoms with Crippen LogP contribution in [0.2, 0.25) is 0 Å². The third-order valence-electron chi connectivity index (χ3n) is 3.72. The summed E-state index contributed by atoms with van der Waals surface area (Å²) in [4.78, 5) is 48.4. The quantitative estimate of drug-likeness (QED) is 0.733. The average molecular weight is 374 g/mol. The molecule has 0 aliphatic rings. The molecule has 2 aromatic rings. The van der Waals surface area contributed by atoms with Crippen molar-refractivity contribution in [3.63, 3.8) is 0 Å². The van der Waals surface area contributed by atoms with Crippen molar-refractivity contribution in [2.24, 2.45) is 0 Å². The van der Waals surface area contributed by atoms with E-state index >= 15 is 0 Å². The van der Waals surface area contributed by atoms with Crippen LogP contribution >= 0.6 is 0 Å². The highest BCUT2D eigenvalue weighted by Gasteiger charge is 2.24. The van der Waals surface area contributed by atoms with Crippen molar-refractivity contribution in [2.45, 2.75) is 39.8 Å². The lowest BCUT2D eigenvalue weighted by atomic mass is 10.1. The Bertz CT molecular complexity index is 922. The van der Waals surface area contributed by atoms with Crippen LogP contribution < -0.4 is 16.2 Å². The number of esters is 1. The normalized spacial score (nSPS) is 11.7. The molecule has 3 amide bonds. The first-order chi connectivity index (χ1) is 12.9. The summed E-state index contributed by atoms with van der Waals surface area (Å²) in [7, 11) is 0. The number of aryl methyl sites for hydroxylation is 1. The van der Waals surface area contributed by atoms with Gasteiger partial charge in [0.25, 0.3) is 11.5 Å². The van der Waals surface area contributed by atoms with E-state index in [2.05, 4.69) is 15.7 Å². The molecule has 1 heterocycles. The van der Waals surface area contributed by atoms with E-state index in [4.69, 9.17) is 4.74 Å². The van der Waals surface area contributed by atoms with Gasteiger partial charge in [-0.1, -0.05) is 25.1 Å². The van der Waals surface area contributed by atoms with Gasteiger partial charge in [0.15, 0.2) is 11.8 Å². The summed E-state index contributed by atoms with van der Waals surface area (Å²) in [6, 6.07) is 5.89. The molecule has 0 aliphatic heterocycles. The molecule has 1 aromatic carbocycles. The van der Waals surface area contributed by atoms with Gasteiger partial charge in [-0.15, -0.1) is 0 Å². The lowest BCUT2D eigenvalue weighted by Gasteiger charge is -2.14. The van der Waals surface area contributed by atoms with Gasteiger partial charge in [0.2, 0.25) is 0 Å². The zero-order valence-electron chi connectivity index (χ0n) is 15.4. The third kappa shape index (κ3) is 4.69. The molecule has 1 unspecified atom stereocenters. The van der Waals surface area contributed by atoms with Gasteiger partial charge in [0, 0.05) is 18.5 Å². The van der Waals surface area contributed by atoms with Gasteiger partial charge < -0.3 is 10.1 Å². The number of amides is 3. The highest BCUT2D eigenvalue weighted by atomic mass is 16.5. The summed E-state index contributed by atoms with van der Waals surface area (Å²) < 4.78 is 6.36. The van der Waals surface area contributed by atoms with E-state index in [1.165, 1.54) is 11.6 Å². The number of fused-ring (bicyclic) bond motifs is 1. The predicted octanol–water partition coefficient (Wildman–Crippen LogP) is 1.20. The van der Waals surface area contributed by atoms with E-state index in [-0.39, 0.29) is 11.3 Å². The number of hydrogen-bond acceptors (Lipinski definition) is 6. The monoisotopic (exact) mass is 374 g/mol. The molecule has 1 aromatic heterocycles. The van der Waals surface area contributed by atoms with Crippen LogP contribution in [0.3, 0.4) is 0 Å². The van der Waals surface area contributed by atoms with Crippen LogP contribution in [0.25, 0.3) is 10.8 Å². The number of hydrogen-bond donors (Lipinski definition) is 2. The number of urea groups is 1. The first-order valence-electron chi connectivity index (χ1n) is 8.68. The molecule has 0 bridgehead atoms. The van der Waals surface area contributed by atoms with Gasteiger partial charge in [-0.2, -0.15) is 5.10 Å². The summed E-state index contributed by atoms with van der Waals surface area (Å²) in [5, 5.41) is 9.28. The SMILES string of the molecule is CCCn1nc(C(=O)OC(C)C(=O)NC(=O)NCC)c2ccccc2c1=O. The summed E-state index contributed by atoms with van der Waals surface area (Å²) >= 11 is 0. The second-order valence-corrected chi connectivity index (χ2v) is 5.82. The van der Waals surface area contributed by atoms with Crippen LogP contribution in [0, 0.1) is 0 Å². The highest BCUT2D eigenvalue weighted by Crippen LogP contribution is 2.15. The van der Waals surface area contributed by atoms with Crippen molar-refractivity contribution in [2.75, 3.05) is 6.54 Å². The Balaban J connectivity index is 2.29. The largest absolute Gasteiger partial charge is 0.448 e. The minimum absolute atomic E-state index is 0.0590. The molecule has 0 saturated heterocycles. The lowest BCUT2D eigenvalue weighted by Crippen LogP contribution is -2.44. The smallest absolute Gasteiger partial charge is 0.360 e. The fraction of sp³-hybridized carbons (Fsp3) is 0.389. The molecule has 9 heteroatoms. The van der Waals surface area contributed by atoms with Crippen molar-refractivity contribution < 1.29 is 19.1 Å². The lowest BCUT2D eigenvalue weighted by molar-refractivity contribution is -0.127. The third-order valence-corrected chi connectivity index (χ3v) is 3.72. The summed E-state index contributed by atoms with van der Waals surface area (Å²) in [5.74, 6) is -1.62. The fourth-order valence-corrected chi connectivity index (χ4v) is 2.44. The number of ether oxygens (including phenoxy) is 1. The van der Waals surface area contributed by atoms with Crippen LogP contribution in [0.4, 0.5) is 4.79 Å². The zero-order valence-corrected chi connectivity index (χ0v) is 15.4. The molecule has 9 nitrogen and oxygen atoms in total. The number of imide groups is 1. The topological polar surface area (TPSA) is 119 Å². The van der Waals surface area contributed by atoms with Crippen LogP contribution in [-0.2, 0) is 16.1 Å². The van der Waals surface area contributed by atoms with E-state index in [9.17, 15) is 19.2 Å². The van der Waals surface area contributed by atoms with Crippen molar-refractivity contribution >= 4 is 28.7 Å². The van der Waals surface area contributed by atoms with E-state index in [0.717, 1.165) is 0 Å². The standard InChI is InChI=1S/C18H22N4O5/c1-4-10-22-16(24)13-9-7-6-8-12(13)14(21-22)17(25)27-11(3)15(23)20-18(26)19-5-2/h6-9,11H,4-5,10H2,1-3H3,(H2,19,20,23,26). The van der Waals surface area contributed by atoms with Crippen molar-refractivity contribution in [3.05, 3.63) is 40.3 Å². The minimum atomic E-state index is -1.22. The van der Waals surface area contributed by atoms with Gasteiger partial charge in [-0.25, -0.2) is 14.3 Å². The Labute approximate surface area is 155 Å². The number of carbonyl (C=O) groups excluding carboxylic acids is 3. The van der Waals surface area contributed by atoms with E-state index in [1.807, 2.05) is 6.92 Å². The molecule has 0 spiro atoms. The van der Waals surface area contributed by atoms with Gasteiger partial charge in [-0.3, -0.25) is 14.9 Å². The average Bonchev–Trinajstić information content (AvgIpc) is 2.64. The van der Waals surface area contributed by atoms with E-state index in [1.54, 1.807) is 31.2 Å². The van der Waals surface area contributed by atoms with Gasteiger partial charge >= 0.3 is 12.0 Å². The van der Waals surface area contributed by atoms with Crippen molar-refractivity contribution in [3.8, 4) is 0 Å². The Morgan fingerprint density at radius 3 is 2.48 bits per heavy atom. The maximum Gasteiger partial charge on any atom is 0.360 e. The molecule has 0 radical (unpaired) electrons. The molecule has 0 fully saturated rings. The molecule has 2 rings (SSSR count). The fourth-order valence-electron chi connectivity index (χ4n) is 2.44. The molecule has 27 heavy (non-hydrogen) atoms. The van der Waals surface area contributed by atoms with Gasteiger partial charge in [-0.05, 0) is 26.3 Å². The number of benzene rings is 1. The minimum Gasteiger partial charge on any atom is -0.448 e. The zero-order chi connectivity index (χ0) is 20.0. The number of rotatable bonds is 6. The number of aromatic nitrogens is 2. The first kappa shape index (κ1) is 20.1. The Morgan fingerprint density at radius 1 is 1.19 bits per heavy atom. The van der Waals surface area contributed by atoms with E-state index in [0.29, 0.717) is 30.3 Å². The molecule has 144 valence electrons. The number of carbonyl (C=O) groups is 3. The highest BCUT2D eigenvalue weighted by molar-refractivity contribution is 6.03. The van der Waals surface area contributed by atoms with E-state index < -0.39 is 24.0 Å². The maximum absolute atomic E-state index is 12.6. The second kappa shape index (κ2) is 8.93. The Kier molecular flexibility index (Phi) is 6.64. The van der Waals surface area contributed by atoms with Crippen molar-refractivity contribution in [1.29, 1.82) is 0 Å². The summed E-state index contributed by atoms with van der Waals surface area (Å²) in [5.41, 5.74) is -0.359. The second-order valence-electron chi connectivity index (χ2n) is 5.82. The van der Waals surface area contributed by atoms with Crippen LogP contribution in [0.5, 0.6) is 0 Å². The molecular weight excluding hydrogens is 352 g/mol. The molecule has 0 aliphatic carbocycles. The Hall–Kier alpha value is -3.23. The Morgan fingerprint density at radius 2 is 1.85 bits per heavy atom. The predicted molar refractivity (Wildman–Crippen MR) is 98.4 cm³/mol. The first-order valence-corrected chi connectivity index (χ1v) is 8.68. The summed E-state index contributed by atoms with van der Waals surface area (Å²) in [6.07, 6.45) is -0.558. The van der Waals surface area contributed by atoms with Gasteiger partial charge in [0.1, 0.15) is 0 Å². The molecule has 1 atom stereocenters. The van der Waals surface area contributed by atoms with Crippen molar-refractivity contribution in [1.82, 2.24) is 20.4 Å². The number of nitrogens with zero attached hydrogens (tertiary/aromatic N) is 2. The summed E-state index contributed by atoms with van der Waals surface area (Å²) in [6.45, 7) is 5.63. The van der Waals surface area contributed by atoms with Crippen LogP contribution in [0.15, 0.2) is 29.1 Å². The molecule has 2 N–H and O–H groups in total. The van der Waals surface area contributed by atoms with Crippen LogP contribution in [-0.4, -0.2) is 40.3 Å². The van der Waals surface area contributed by atoms with Crippen LogP contribution in [0.1, 0.15) is 37.7 Å². The van der Waals surface area contributed by atoms with Gasteiger partial charge in [0.05, 0.1) is 5.39 Å². The number of nitrogens with one attached hydrogen (secondary N) is 2.